The summed E-state index contributed by atoms with van der Waals surface area (Å²) in [6.07, 6.45) is 1.29. The normalized spacial score (nSPS) is 19.9. The third-order valence-electron chi connectivity index (χ3n) is 8.62. The van der Waals surface area contributed by atoms with Crippen LogP contribution in [0.2, 0.25) is 0 Å². The zero-order valence-corrected chi connectivity index (χ0v) is 27.0. The molecule has 0 aliphatic carbocycles. The summed E-state index contributed by atoms with van der Waals surface area (Å²) in [5.74, 6) is -2.09. The summed E-state index contributed by atoms with van der Waals surface area (Å²) in [6, 6.07) is 25.3. The number of rotatable bonds is 11. The summed E-state index contributed by atoms with van der Waals surface area (Å²) in [6.45, 7) is -0.551. The van der Waals surface area contributed by atoms with Crippen LogP contribution in [0.25, 0.3) is 10.8 Å². The second-order valence-electron chi connectivity index (χ2n) is 12.0. The van der Waals surface area contributed by atoms with Crippen LogP contribution in [0.4, 0.5) is 10.6 Å². The Bertz CT molecular complexity index is 2010. The highest BCUT2D eigenvalue weighted by Gasteiger charge is 2.54. The number of aliphatic carboxylic acids is 1. The number of anilines is 1. The van der Waals surface area contributed by atoms with Gasteiger partial charge in [-0.05, 0) is 40.6 Å². The Morgan fingerprint density at radius 3 is 2.49 bits per heavy atom. The van der Waals surface area contributed by atoms with Crippen molar-refractivity contribution in [1.29, 1.82) is 0 Å². The number of aromatic nitrogens is 1. The average Bonchev–Trinajstić information content (AvgIpc) is 3.71. The van der Waals surface area contributed by atoms with E-state index in [1.165, 1.54) is 17.0 Å². The topological polar surface area (TPSA) is 203 Å². The number of carbonyl (C=O) groups is 3. The Kier molecular flexibility index (Phi) is 9.21. The number of sulfone groups is 1. The molecule has 2 amide bonds. The van der Waals surface area contributed by atoms with E-state index in [0.29, 0.717) is 17.7 Å². The zero-order valence-electron chi connectivity index (χ0n) is 26.2. The highest BCUT2D eigenvalue weighted by atomic mass is 32.2. The molecule has 1 aromatic heterocycles. The fourth-order valence-corrected chi connectivity index (χ4v) is 7.36. The summed E-state index contributed by atoms with van der Waals surface area (Å²) in [7, 11) is -4.69. The van der Waals surface area contributed by atoms with Crippen LogP contribution in [0.1, 0.15) is 18.4 Å². The molecule has 2 unspecified atom stereocenters. The molecule has 3 aromatic carbocycles. The molecule has 3 heterocycles. The van der Waals surface area contributed by atoms with Gasteiger partial charge in [0.05, 0.1) is 24.0 Å². The maximum absolute atomic E-state index is 13.5. The van der Waals surface area contributed by atoms with Gasteiger partial charge in [-0.2, -0.15) is 0 Å². The van der Waals surface area contributed by atoms with E-state index in [9.17, 15) is 27.9 Å². The van der Waals surface area contributed by atoms with Crippen LogP contribution in [0, 0.1) is 0 Å². The van der Waals surface area contributed by atoms with Gasteiger partial charge in [-0.1, -0.05) is 71.9 Å². The molecule has 0 saturated carbocycles. The summed E-state index contributed by atoms with van der Waals surface area (Å²) in [5.41, 5.74) is 5.66. The number of amides is 2. The van der Waals surface area contributed by atoms with Crippen LogP contribution in [-0.4, -0.2) is 83.2 Å². The van der Waals surface area contributed by atoms with Crippen LogP contribution in [0.3, 0.4) is 0 Å². The van der Waals surface area contributed by atoms with Crippen molar-refractivity contribution >= 4 is 50.1 Å². The van der Waals surface area contributed by atoms with Crippen LogP contribution in [0.5, 0.6) is 0 Å². The first-order valence-electron chi connectivity index (χ1n) is 15.4. The van der Waals surface area contributed by atoms with Gasteiger partial charge in [-0.25, -0.2) is 23.0 Å². The highest BCUT2D eigenvalue weighted by Crippen LogP contribution is 2.38. The number of hydrogen-bond acceptors (Lipinski definition) is 11. The lowest BCUT2D eigenvalue weighted by Gasteiger charge is -2.25. The zero-order chi connectivity index (χ0) is 34.6. The van der Waals surface area contributed by atoms with Gasteiger partial charge in [0.15, 0.2) is 5.60 Å². The molecule has 2 aliphatic rings. The van der Waals surface area contributed by atoms with E-state index in [0.717, 1.165) is 10.9 Å². The van der Waals surface area contributed by atoms with Gasteiger partial charge in [0.1, 0.15) is 18.1 Å². The molecule has 14 nitrogen and oxygen atoms in total. The predicted molar refractivity (Wildman–Crippen MR) is 179 cm³/mol. The minimum atomic E-state index is -4.69. The molecule has 6 rings (SSSR count). The molecule has 1 spiro atoms. The van der Waals surface area contributed by atoms with E-state index in [-0.39, 0.29) is 36.6 Å². The maximum atomic E-state index is 13.5. The fraction of sp³-hybridized carbons (Fsp3) is 0.265. The predicted octanol–water partition coefficient (Wildman–Crippen LogP) is 2.90. The average molecular weight is 687 g/mol. The van der Waals surface area contributed by atoms with E-state index in [1.54, 1.807) is 48.7 Å². The number of ether oxygens (including phenoxy) is 1. The largest absolute Gasteiger partial charge is 0.479 e. The van der Waals surface area contributed by atoms with Crippen LogP contribution >= 0.6 is 0 Å². The van der Waals surface area contributed by atoms with Gasteiger partial charge in [-0.15, -0.1) is 0 Å². The Morgan fingerprint density at radius 1 is 1.02 bits per heavy atom. The Balaban J connectivity index is 1.13. The van der Waals surface area contributed by atoms with Crippen molar-refractivity contribution < 1.29 is 37.5 Å². The van der Waals surface area contributed by atoms with Crippen molar-refractivity contribution in [3.8, 4) is 0 Å². The first kappa shape index (κ1) is 33.4. The molecule has 15 heteroatoms. The number of carbonyl (C=O) groups excluding carboxylic acids is 2. The molecule has 3 atom stereocenters. The van der Waals surface area contributed by atoms with E-state index in [4.69, 9.17) is 15.3 Å². The number of oxime groups is 1. The number of nitrogens with two attached hydrogens (primary N) is 1. The summed E-state index contributed by atoms with van der Waals surface area (Å²) >= 11 is 0. The molecule has 4 aromatic rings. The molecule has 2 aliphatic heterocycles. The number of hydrogen-bond donors (Lipinski definition) is 4. The van der Waals surface area contributed by atoms with Crippen molar-refractivity contribution in [2.45, 2.75) is 40.9 Å². The highest BCUT2D eigenvalue weighted by molar-refractivity contribution is 7.93. The lowest BCUT2D eigenvalue weighted by Crippen LogP contribution is -2.61. The van der Waals surface area contributed by atoms with Gasteiger partial charge in [0.25, 0.3) is 5.91 Å². The van der Waals surface area contributed by atoms with Gasteiger partial charge < -0.3 is 31.0 Å². The van der Waals surface area contributed by atoms with E-state index < -0.39 is 50.9 Å². The number of carboxylic acids is 1. The number of fused-ring (bicyclic) bond motifs is 1. The van der Waals surface area contributed by atoms with Gasteiger partial charge in [-0.3, -0.25) is 9.69 Å². The summed E-state index contributed by atoms with van der Waals surface area (Å²) in [4.78, 5) is 47.3. The third-order valence-corrected chi connectivity index (χ3v) is 10.8. The Labute approximate surface area is 281 Å². The number of likely N-dealkylation sites (tertiary alicyclic amines) is 1. The lowest BCUT2D eigenvalue weighted by atomic mass is 9.94. The molecule has 254 valence electrons. The second-order valence-corrected chi connectivity index (χ2v) is 14.2. The molecule has 5 N–H and O–H groups in total. The molecule has 1 saturated heterocycles. The van der Waals surface area contributed by atoms with E-state index in [2.05, 4.69) is 20.8 Å². The smallest absolute Gasteiger partial charge is 0.410 e. The van der Waals surface area contributed by atoms with Crippen LogP contribution in [0.15, 0.2) is 107 Å². The Morgan fingerprint density at radius 2 is 1.76 bits per heavy atom. The first-order valence-corrected chi connectivity index (χ1v) is 16.9. The van der Waals surface area contributed by atoms with Crippen molar-refractivity contribution in [3.63, 3.8) is 0 Å². The first-order chi connectivity index (χ1) is 23.5. The molecular weight excluding hydrogens is 652 g/mol. The quantitative estimate of drug-likeness (QED) is 0.181. The maximum Gasteiger partial charge on any atom is 0.410 e. The monoisotopic (exact) mass is 686 g/mol. The summed E-state index contributed by atoms with van der Waals surface area (Å²) < 4.78 is 32.7. The standard InChI is InChI=1S/C34H34N6O8S/c35-34(31(42)43,49(45,46)27-14-13-24-10-4-5-11-25(24)16-27)21-38-30(41)28-18-33(48-39-28)17-26(19-37-29-12-6-7-15-36-29)40(22-33)32(44)47-20-23-8-2-1-3-9-23/h1-16,26H,17-22,35H2,(H,36,37)(H,38,41)(H,42,43)/t26?,33?,34-/m0/s1. The Hall–Kier alpha value is -5.54. The number of carboxylic acid groups (broad SMARTS) is 1. The van der Waals surface area contributed by atoms with Crippen LogP contribution in [-0.2, 0) is 35.6 Å². The molecule has 0 bridgehead atoms. The van der Waals surface area contributed by atoms with Gasteiger partial charge in [0.2, 0.25) is 14.7 Å². The van der Waals surface area contributed by atoms with E-state index >= 15 is 0 Å². The molecular formula is C34H34N6O8S. The molecule has 1 fully saturated rings. The SMILES string of the molecule is N[C@](CNC(=O)C1=NOC2(C1)CC(CNc1ccccn1)N(C(=O)OCc1ccccc1)C2)(C(=O)O)S(=O)(=O)c1ccc2ccccc2c1. The molecule has 49 heavy (non-hydrogen) atoms. The van der Waals surface area contributed by atoms with Crippen molar-refractivity contribution in [3.05, 3.63) is 103 Å². The number of benzene rings is 3. The van der Waals surface area contributed by atoms with E-state index in [1.807, 2.05) is 36.4 Å². The summed E-state index contributed by atoms with van der Waals surface area (Å²) in [5, 5.41) is 20.8. The van der Waals surface area contributed by atoms with Crippen molar-refractivity contribution in [2.24, 2.45) is 10.9 Å². The van der Waals surface area contributed by atoms with Crippen LogP contribution < -0.4 is 16.4 Å². The number of pyridine rings is 1. The molecule has 0 radical (unpaired) electrons. The number of nitrogens with one attached hydrogen (secondary N) is 2. The minimum Gasteiger partial charge on any atom is -0.479 e. The fourth-order valence-electron chi connectivity index (χ4n) is 5.91. The second kappa shape index (κ2) is 13.5. The van der Waals surface area contributed by atoms with Gasteiger partial charge >= 0.3 is 12.1 Å². The lowest BCUT2D eigenvalue weighted by molar-refractivity contribution is -0.139. The third kappa shape index (κ3) is 6.89. The van der Waals surface area contributed by atoms with Crippen molar-refractivity contribution in [1.82, 2.24) is 15.2 Å². The van der Waals surface area contributed by atoms with Gasteiger partial charge in [0, 0.05) is 25.6 Å². The minimum absolute atomic E-state index is 0.0382. The van der Waals surface area contributed by atoms with Crippen molar-refractivity contribution in [2.75, 3.05) is 25.0 Å². The number of nitrogens with zero attached hydrogens (tertiary/aromatic N) is 3.